The van der Waals surface area contributed by atoms with Crippen molar-refractivity contribution in [3.05, 3.63) is 151 Å². The second-order valence-electron chi connectivity index (χ2n) is 24.1. The maximum Gasteiger partial charge on any atom is 0.417 e. The maximum absolute atomic E-state index is 12.5. The molecule has 5 heterocycles. The largest absolute Gasteiger partial charge is 0.484 e. The Morgan fingerprint density at radius 3 is 1.14 bits per heavy atom. The van der Waals surface area contributed by atoms with Gasteiger partial charge < -0.3 is 68.0 Å². The maximum atomic E-state index is 12.5. The first-order valence-corrected chi connectivity index (χ1v) is 33.3. The van der Waals surface area contributed by atoms with Crippen LogP contribution in [0.5, 0.6) is 23.0 Å². The Balaban J connectivity index is 0.000000201. The molecule has 1 aromatic heterocycles. The molecule has 4 fully saturated rings. The lowest BCUT2D eigenvalue weighted by Crippen LogP contribution is -2.52. The van der Waals surface area contributed by atoms with E-state index in [-0.39, 0.29) is 67.7 Å². The van der Waals surface area contributed by atoms with Crippen molar-refractivity contribution >= 4 is 110 Å². The van der Waals surface area contributed by atoms with E-state index in [0.717, 1.165) is 52.4 Å². The van der Waals surface area contributed by atoms with Crippen LogP contribution in [0, 0.1) is 0 Å². The van der Waals surface area contributed by atoms with Crippen LogP contribution in [-0.2, 0) is 28.7 Å². The molecule has 10 rings (SSSR count). The summed E-state index contributed by atoms with van der Waals surface area (Å²) in [5.41, 5.74) is 0.563. The number of amides is 5. The number of aromatic amines is 1. The number of ether oxygens (including phenoxy) is 6. The Morgan fingerprint density at radius 2 is 0.773 bits per heavy atom. The van der Waals surface area contributed by atoms with E-state index in [1.165, 1.54) is 0 Å². The summed E-state index contributed by atoms with van der Waals surface area (Å²) in [7, 11) is 0. The van der Waals surface area contributed by atoms with Crippen LogP contribution in [0.4, 0.5) is 9.59 Å². The fraction of sp³-hybridized carbons (Fsp3) is 0.441. The first kappa shape index (κ1) is 78.2. The Bertz CT molecular complexity index is 3520. The molecule has 4 aliphatic heterocycles. The topological polar surface area (TPSA) is 264 Å². The molecule has 3 N–H and O–H groups in total. The van der Waals surface area contributed by atoms with Crippen LogP contribution in [0.2, 0.25) is 20.1 Å². The van der Waals surface area contributed by atoms with Gasteiger partial charge >= 0.3 is 17.9 Å². The van der Waals surface area contributed by atoms with Gasteiger partial charge in [-0.15, -0.1) is 0 Å². The van der Waals surface area contributed by atoms with E-state index in [4.69, 9.17) is 90.8 Å². The molecule has 4 aliphatic rings. The van der Waals surface area contributed by atoms with E-state index in [2.05, 4.69) is 20.5 Å². The average Bonchev–Trinajstić information content (AvgIpc) is 1.73. The van der Waals surface area contributed by atoms with Gasteiger partial charge in [-0.1, -0.05) is 46.4 Å². The number of piperazine rings is 4. The molecule has 24 nitrogen and oxygen atoms in total. The third-order valence-electron chi connectivity index (χ3n) is 14.3. The summed E-state index contributed by atoms with van der Waals surface area (Å²) in [4.78, 5) is 107. The van der Waals surface area contributed by atoms with Gasteiger partial charge in [-0.3, -0.25) is 33.9 Å². The molecule has 29 heteroatoms. The number of halogens is 5. The second kappa shape index (κ2) is 39.6. The zero-order valence-corrected chi connectivity index (χ0v) is 59.0. The standard InChI is InChI=1S/C22H22ClN3O5.C17H23ClN2O4.C12H15ClN2O2.C9H18N2O2.C8H6Cl2O2/c23-16-2-4-17(5-3-16)30-14-21(28)26-11-9-25(10-12-26)8-7-19(27)15-1-6-18-20(13-15)31-22(29)24-18;1-17(2,3)24-16(22)20-10-8-19(9-11-20)15(21)12-23-14-6-4-13(18)5-7-14;13-10-1-3-11(4-2-10)17-9-12(16)15-7-5-14-6-8-15;1-9(2,3)13-8(12)11-6-4-10-5-7-11;9-6-1-3-7(4-2-6)12-5-8(10)11/h1-6,13H,7-12,14H2,(H,24,29);4-7H,8-12H2,1-3H3;1-4,14H,5-9H2;10H,4-7H2,1-3H3;1-4H,5H2. The number of ketones is 1. The number of nitrogens with zero attached hydrogens (tertiary/aromatic N) is 6. The highest BCUT2D eigenvalue weighted by Gasteiger charge is 2.29. The van der Waals surface area contributed by atoms with Crippen molar-refractivity contribution in [2.45, 2.75) is 59.2 Å². The molecule has 5 aromatic carbocycles. The highest BCUT2D eigenvalue weighted by atomic mass is 35.5. The minimum atomic E-state index is -0.536. The molecule has 0 aliphatic carbocycles. The van der Waals surface area contributed by atoms with Crippen molar-refractivity contribution in [1.82, 2.24) is 45.0 Å². The van der Waals surface area contributed by atoms with Gasteiger partial charge in [0.05, 0.1) is 5.52 Å². The number of oxazole rings is 1. The summed E-state index contributed by atoms with van der Waals surface area (Å²) in [6.07, 6.45) is -0.186. The first-order valence-electron chi connectivity index (χ1n) is 31.5. The van der Waals surface area contributed by atoms with Crippen LogP contribution in [0.1, 0.15) is 58.3 Å². The van der Waals surface area contributed by atoms with E-state index in [1.54, 1.807) is 135 Å². The second-order valence-corrected chi connectivity index (χ2v) is 26.3. The van der Waals surface area contributed by atoms with Gasteiger partial charge in [0, 0.05) is 143 Å². The van der Waals surface area contributed by atoms with Crippen molar-refractivity contribution in [2.24, 2.45) is 0 Å². The van der Waals surface area contributed by atoms with Crippen molar-refractivity contribution in [3.8, 4) is 23.0 Å². The number of carbonyl (C=O) groups is 7. The molecule has 4 saturated heterocycles. The fourth-order valence-electron chi connectivity index (χ4n) is 9.27. The molecule has 0 saturated carbocycles. The molecule has 6 aromatic rings. The number of nitrogens with one attached hydrogen (secondary N) is 3. The Labute approximate surface area is 589 Å². The van der Waals surface area contributed by atoms with Crippen molar-refractivity contribution < 1.29 is 66.4 Å². The number of H-pyrrole nitrogens is 1. The molecule has 0 radical (unpaired) electrons. The molecular formula is C68H84Cl5N9O15. The van der Waals surface area contributed by atoms with Gasteiger partial charge in [0.1, 0.15) is 34.2 Å². The summed E-state index contributed by atoms with van der Waals surface area (Å²) < 4.78 is 37.0. The van der Waals surface area contributed by atoms with Gasteiger partial charge in [-0.05, 0) is 168 Å². The predicted octanol–water partition coefficient (Wildman–Crippen LogP) is 9.83. The monoisotopic (exact) mass is 1440 g/mol. The van der Waals surface area contributed by atoms with Crippen LogP contribution < -0.4 is 35.3 Å². The number of rotatable bonds is 16. The Morgan fingerprint density at radius 1 is 0.443 bits per heavy atom. The molecular weight excluding hydrogens is 1360 g/mol. The smallest absolute Gasteiger partial charge is 0.417 e. The number of carbonyl (C=O) groups excluding carboxylic acids is 7. The average molecular weight is 1440 g/mol. The number of aromatic nitrogens is 1. The summed E-state index contributed by atoms with van der Waals surface area (Å²) in [6, 6.07) is 32.4. The molecule has 526 valence electrons. The third-order valence-corrected chi connectivity index (χ3v) is 15.5. The minimum Gasteiger partial charge on any atom is -0.484 e. The van der Waals surface area contributed by atoms with Gasteiger partial charge in [-0.2, -0.15) is 0 Å². The zero-order chi connectivity index (χ0) is 70.5. The Hall–Kier alpha value is -7.81. The van der Waals surface area contributed by atoms with Gasteiger partial charge in [0.15, 0.2) is 37.8 Å². The summed E-state index contributed by atoms with van der Waals surface area (Å²) in [5.74, 6) is 1.76. The lowest BCUT2D eigenvalue weighted by Gasteiger charge is -2.35. The molecule has 0 atom stereocenters. The van der Waals surface area contributed by atoms with E-state index >= 15 is 0 Å². The van der Waals surface area contributed by atoms with Crippen molar-refractivity contribution in [3.63, 3.8) is 0 Å². The number of hydrogen-bond acceptors (Lipinski definition) is 18. The molecule has 0 spiro atoms. The molecule has 0 unspecified atom stereocenters. The lowest BCUT2D eigenvalue weighted by atomic mass is 10.1. The molecule has 5 amide bonds. The summed E-state index contributed by atoms with van der Waals surface area (Å²) in [6.45, 7) is 22.5. The predicted molar refractivity (Wildman–Crippen MR) is 372 cm³/mol. The van der Waals surface area contributed by atoms with Crippen LogP contribution in [-0.4, -0.2) is 224 Å². The third kappa shape index (κ3) is 29.8. The van der Waals surface area contributed by atoms with Crippen LogP contribution in [0.25, 0.3) is 11.1 Å². The highest BCUT2D eigenvalue weighted by molar-refractivity contribution is 6.63. The zero-order valence-electron chi connectivity index (χ0n) is 55.2. The van der Waals surface area contributed by atoms with Crippen LogP contribution in [0.3, 0.4) is 0 Å². The number of benzene rings is 5. The van der Waals surface area contributed by atoms with E-state index in [9.17, 15) is 38.4 Å². The van der Waals surface area contributed by atoms with Crippen molar-refractivity contribution in [2.75, 3.05) is 138 Å². The van der Waals surface area contributed by atoms with E-state index in [1.807, 2.05) is 46.4 Å². The molecule has 0 bridgehead atoms. The first-order chi connectivity index (χ1) is 46.1. The Kier molecular flexibility index (Phi) is 31.9. The van der Waals surface area contributed by atoms with E-state index < -0.39 is 16.6 Å². The lowest BCUT2D eigenvalue weighted by molar-refractivity contribution is -0.135. The van der Waals surface area contributed by atoms with Gasteiger partial charge in [0.2, 0.25) is 0 Å². The SMILES string of the molecule is CC(C)(C)OC(=O)N1CCN(C(=O)COc2ccc(Cl)cc2)CC1.CC(C)(C)OC(=O)N1CCNCC1.O=C(CCN1CCN(C(=O)COc2ccc(Cl)cc2)CC1)c1ccc2[nH]c(=O)oc2c1.O=C(COc1ccc(Cl)cc1)N1CCNCC1.O=C(Cl)COc1ccc(Cl)cc1. The quantitative estimate of drug-likeness (QED) is 0.0601. The number of fused-ring (bicyclic) bond motifs is 1. The van der Waals surface area contributed by atoms with Crippen molar-refractivity contribution in [1.29, 1.82) is 0 Å². The van der Waals surface area contributed by atoms with Crippen LogP contribution >= 0.6 is 58.0 Å². The fourth-order valence-corrected chi connectivity index (χ4v) is 9.83. The van der Waals surface area contributed by atoms with Gasteiger partial charge in [-0.25, -0.2) is 14.4 Å². The van der Waals surface area contributed by atoms with Crippen LogP contribution in [0.15, 0.2) is 124 Å². The van der Waals surface area contributed by atoms with Gasteiger partial charge in [0.25, 0.3) is 23.0 Å². The van der Waals surface area contributed by atoms with E-state index in [0.29, 0.717) is 125 Å². The molecule has 97 heavy (non-hydrogen) atoms. The number of Topliss-reactive ketones (excluding diaryl/α,β-unsaturated/α-hetero) is 1. The normalized spacial score (nSPS) is 14.9. The summed E-state index contributed by atoms with van der Waals surface area (Å²) >= 11 is 28.1. The minimum absolute atomic E-state index is 0.0133. The highest BCUT2D eigenvalue weighted by Crippen LogP contribution is 2.21. The summed E-state index contributed by atoms with van der Waals surface area (Å²) in [5, 5.41) is 8.38. The number of hydrogen-bond donors (Lipinski definition) is 3.